The quantitative estimate of drug-likeness (QED) is 0.772. The van der Waals surface area contributed by atoms with Crippen molar-refractivity contribution >= 4 is 11.6 Å². The molecule has 1 saturated carbocycles. The topological polar surface area (TPSA) is 26.0 Å². The highest BCUT2D eigenvalue weighted by Gasteiger charge is 2.42. The van der Waals surface area contributed by atoms with E-state index in [2.05, 4.69) is 19.9 Å². The van der Waals surface area contributed by atoms with Crippen molar-refractivity contribution in [1.29, 1.82) is 0 Å². The van der Waals surface area contributed by atoms with Crippen molar-refractivity contribution in [2.45, 2.75) is 38.6 Å². The van der Waals surface area contributed by atoms with Gasteiger partial charge in [-0.25, -0.2) is 0 Å². The van der Waals surface area contributed by atoms with Crippen molar-refractivity contribution in [3.05, 3.63) is 34.9 Å². The van der Waals surface area contributed by atoms with Crippen LogP contribution in [0.3, 0.4) is 0 Å². The van der Waals surface area contributed by atoms with E-state index in [-0.39, 0.29) is 5.54 Å². The van der Waals surface area contributed by atoms with E-state index in [1.165, 1.54) is 6.42 Å². The lowest BCUT2D eigenvalue weighted by atomic mass is 9.84. The van der Waals surface area contributed by atoms with Crippen LogP contribution in [0.25, 0.3) is 0 Å². The lowest BCUT2D eigenvalue weighted by Gasteiger charge is -2.27. The summed E-state index contributed by atoms with van der Waals surface area (Å²) in [5, 5.41) is 0.803. The van der Waals surface area contributed by atoms with E-state index in [0.717, 1.165) is 23.4 Å². The van der Waals surface area contributed by atoms with Crippen molar-refractivity contribution < 1.29 is 0 Å². The number of hydrogen-bond donors (Lipinski definition) is 1. The summed E-state index contributed by atoms with van der Waals surface area (Å²) in [7, 11) is 0. The second-order valence-corrected chi connectivity index (χ2v) is 5.88. The Labute approximate surface area is 96.6 Å². The molecule has 1 fully saturated rings. The molecule has 2 rings (SSSR count). The molecule has 0 aromatic heterocycles. The van der Waals surface area contributed by atoms with E-state index >= 15 is 0 Å². The second kappa shape index (κ2) is 3.50. The van der Waals surface area contributed by atoms with Gasteiger partial charge in [0.25, 0.3) is 0 Å². The first kappa shape index (κ1) is 11.0. The molecule has 15 heavy (non-hydrogen) atoms. The third-order valence-electron chi connectivity index (χ3n) is 3.45. The zero-order valence-corrected chi connectivity index (χ0v) is 10.1. The molecule has 2 heteroatoms. The second-order valence-electron chi connectivity index (χ2n) is 5.48. The lowest BCUT2D eigenvalue weighted by Crippen LogP contribution is -2.34. The van der Waals surface area contributed by atoms with Gasteiger partial charge in [-0.05, 0) is 36.3 Å². The summed E-state index contributed by atoms with van der Waals surface area (Å²) < 4.78 is 0. The molecular formula is C13H18ClN. The van der Waals surface area contributed by atoms with Gasteiger partial charge in [0, 0.05) is 10.6 Å². The fourth-order valence-corrected chi connectivity index (χ4v) is 3.01. The zero-order chi connectivity index (χ0) is 11.1. The summed E-state index contributed by atoms with van der Waals surface area (Å²) in [5.74, 6) is 0. The van der Waals surface area contributed by atoms with Crippen LogP contribution in [0.15, 0.2) is 24.3 Å². The predicted molar refractivity (Wildman–Crippen MR) is 64.9 cm³/mol. The number of halogens is 1. The van der Waals surface area contributed by atoms with E-state index in [1.807, 2.05) is 18.2 Å². The highest BCUT2D eigenvalue weighted by molar-refractivity contribution is 6.31. The highest BCUT2D eigenvalue weighted by Crippen LogP contribution is 2.48. The minimum atomic E-state index is -0.220. The molecule has 0 amide bonds. The number of benzene rings is 1. The smallest absolute Gasteiger partial charge is 0.0456 e. The van der Waals surface area contributed by atoms with Crippen LogP contribution in [0.5, 0.6) is 0 Å². The van der Waals surface area contributed by atoms with Gasteiger partial charge in [0.05, 0.1) is 0 Å². The molecular weight excluding hydrogens is 206 g/mol. The van der Waals surface area contributed by atoms with Gasteiger partial charge in [-0.15, -0.1) is 0 Å². The Bertz CT molecular complexity index is 373. The van der Waals surface area contributed by atoms with Crippen molar-refractivity contribution in [3.63, 3.8) is 0 Å². The van der Waals surface area contributed by atoms with Crippen LogP contribution in [0.1, 0.15) is 38.7 Å². The molecule has 1 aliphatic carbocycles. The largest absolute Gasteiger partial charge is 0.321 e. The van der Waals surface area contributed by atoms with E-state index in [1.54, 1.807) is 0 Å². The van der Waals surface area contributed by atoms with E-state index in [9.17, 15) is 0 Å². The summed E-state index contributed by atoms with van der Waals surface area (Å²) >= 11 is 6.21. The Morgan fingerprint density at radius 1 is 1.20 bits per heavy atom. The normalized spacial score (nSPS) is 29.3. The molecule has 2 N–H and O–H groups in total. The van der Waals surface area contributed by atoms with Crippen LogP contribution in [0.2, 0.25) is 5.02 Å². The molecule has 82 valence electrons. The minimum Gasteiger partial charge on any atom is -0.321 e. The van der Waals surface area contributed by atoms with Crippen molar-refractivity contribution in [1.82, 2.24) is 0 Å². The maximum Gasteiger partial charge on any atom is 0.0456 e. The maximum absolute atomic E-state index is 6.47. The van der Waals surface area contributed by atoms with E-state index in [0.29, 0.717) is 5.41 Å². The number of rotatable bonds is 1. The molecule has 0 saturated heterocycles. The summed E-state index contributed by atoms with van der Waals surface area (Å²) in [6.45, 7) is 4.55. The maximum atomic E-state index is 6.47. The molecule has 0 heterocycles. The Morgan fingerprint density at radius 3 is 2.40 bits per heavy atom. The Balaban J connectivity index is 2.36. The molecule has 0 spiro atoms. The highest BCUT2D eigenvalue weighted by atomic mass is 35.5. The van der Waals surface area contributed by atoms with Crippen LogP contribution in [0, 0.1) is 5.41 Å². The first-order chi connectivity index (χ1) is 6.93. The molecule has 1 atom stereocenters. The monoisotopic (exact) mass is 223 g/mol. The molecule has 1 unspecified atom stereocenters. The van der Waals surface area contributed by atoms with Crippen molar-refractivity contribution in [2.24, 2.45) is 11.1 Å². The molecule has 1 aromatic carbocycles. The SMILES string of the molecule is CC1(C)CCC(N)(c2ccccc2Cl)C1. The molecule has 1 nitrogen and oxygen atoms in total. The lowest BCUT2D eigenvalue weighted by molar-refractivity contribution is 0.340. The Hall–Kier alpha value is -0.530. The van der Waals surface area contributed by atoms with Crippen LogP contribution >= 0.6 is 11.6 Å². The molecule has 0 aliphatic heterocycles. The van der Waals surface area contributed by atoms with Gasteiger partial charge in [-0.2, -0.15) is 0 Å². The van der Waals surface area contributed by atoms with E-state index in [4.69, 9.17) is 17.3 Å². The van der Waals surface area contributed by atoms with Crippen molar-refractivity contribution in [2.75, 3.05) is 0 Å². The first-order valence-corrected chi connectivity index (χ1v) is 5.85. The summed E-state index contributed by atoms with van der Waals surface area (Å²) in [6.07, 6.45) is 3.22. The van der Waals surface area contributed by atoms with Crippen molar-refractivity contribution in [3.8, 4) is 0 Å². The predicted octanol–water partition coefficient (Wildman–Crippen LogP) is 3.70. The third kappa shape index (κ3) is 2.04. The van der Waals surface area contributed by atoms with Gasteiger partial charge in [0.15, 0.2) is 0 Å². The molecule has 0 bridgehead atoms. The van der Waals surface area contributed by atoms with Crippen LogP contribution < -0.4 is 5.73 Å². The average Bonchev–Trinajstić information content (AvgIpc) is 2.42. The Kier molecular flexibility index (Phi) is 2.56. The molecule has 0 radical (unpaired) electrons. The fraction of sp³-hybridized carbons (Fsp3) is 0.538. The fourth-order valence-electron chi connectivity index (χ4n) is 2.69. The van der Waals surface area contributed by atoms with Gasteiger partial charge < -0.3 is 5.73 Å². The van der Waals surface area contributed by atoms with Gasteiger partial charge in [-0.3, -0.25) is 0 Å². The summed E-state index contributed by atoms with van der Waals surface area (Å²) in [6, 6.07) is 7.96. The summed E-state index contributed by atoms with van der Waals surface area (Å²) in [4.78, 5) is 0. The summed E-state index contributed by atoms with van der Waals surface area (Å²) in [5.41, 5.74) is 7.70. The number of hydrogen-bond acceptors (Lipinski definition) is 1. The standard InChI is InChI=1S/C13H18ClN/c1-12(2)7-8-13(15,9-12)10-5-3-4-6-11(10)14/h3-6H,7-9,15H2,1-2H3. The molecule has 1 aliphatic rings. The molecule has 1 aromatic rings. The average molecular weight is 224 g/mol. The van der Waals surface area contributed by atoms with Gasteiger partial charge >= 0.3 is 0 Å². The van der Waals surface area contributed by atoms with Gasteiger partial charge in [-0.1, -0.05) is 43.6 Å². The third-order valence-corrected chi connectivity index (χ3v) is 3.78. The van der Waals surface area contributed by atoms with Gasteiger partial charge in [0.2, 0.25) is 0 Å². The van der Waals surface area contributed by atoms with Crippen LogP contribution in [0.4, 0.5) is 0 Å². The number of nitrogens with two attached hydrogens (primary N) is 1. The van der Waals surface area contributed by atoms with Crippen LogP contribution in [-0.4, -0.2) is 0 Å². The minimum absolute atomic E-state index is 0.220. The van der Waals surface area contributed by atoms with Crippen LogP contribution in [-0.2, 0) is 5.54 Å². The Morgan fingerprint density at radius 2 is 1.87 bits per heavy atom. The zero-order valence-electron chi connectivity index (χ0n) is 9.39. The first-order valence-electron chi connectivity index (χ1n) is 5.47. The van der Waals surface area contributed by atoms with E-state index < -0.39 is 0 Å². The van der Waals surface area contributed by atoms with Gasteiger partial charge in [0.1, 0.15) is 0 Å².